The van der Waals surface area contributed by atoms with Crippen molar-refractivity contribution in [3.05, 3.63) is 54.4 Å². The van der Waals surface area contributed by atoms with Crippen molar-refractivity contribution in [1.82, 2.24) is 10.3 Å². The zero-order chi connectivity index (χ0) is 16.8. The molecule has 1 fully saturated rings. The second-order valence-electron chi connectivity index (χ2n) is 5.76. The summed E-state index contributed by atoms with van der Waals surface area (Å²) < 4.78 is 0. The van der Waals surface area contributed by atoms with Gasteiger partial charge in [-0.3, -0.25) is 14.6 Å². The van der Waals surface area contributed by atoms with Crippen LogP contribution in [-0.2, 0) is 4.79 Å². The predicted octanol–water partition coefficient (Wildman–Crippen LogP) is 2.41. The third kappa shape index (κ3) is 4.17. The number of piperidine rings is 1. The summed E-state index contributed by atoms with van der Waals surface area (Å²) in [7, 11) is 0. The second kappa shape index (κ2) is 7.70. The average molecular weight is 324 g/mol. The second-order valence-corrected chi connectivity index (χ2v) is 5.76. The van der Waals surface area contributed by atoms with Crippen LogP contribution < -0.4 is 16.0 Å². The molecule has 0 spiro atoms. The molecule has 0 bridgehead atoms. The van der Waals surface area contributed by atoms with Gasteiger partial charge in [-0.25, -0.2) is 0 Å². The standard InChI is InChI=1S/C18H20N4O2/c23-17(22-15-4-3-10-19-12-15)13-6-8-14(9-7-13)21-18(24)16-5-1-2-11-20-16/h3-4,6-10,12,16,20H,1-2,5,11H2,(H,21,24)(H,22,23)/t16-/m1/s1. The molecule has 1 aromatic heterocycles. The smallest absolute Gasteiger partial charge is 0.255 e. The zero-order valence-corrected chi connectivity index (χ0v) is 13.3. The van der Waals surface area contributed by atoms with Gasteiger partial charge in [0.2, 0.25) is 5.91 Å². The normalized spacial score (nSPS) is 17.1. The molecule has 24 heavy (non-hydrogen) atoms. The van der Waals surface area contributed by atoms with E-state index < -0.39 is 0 Å². The Hall–Kier alpha value is -2.73. The first-order chi connectivity index (χ1) is 11.7. The molecule has 1 atom stereocenters. The van der Waals surface area contributed by atoms with Gasteiger partial charge >= 0.3 is 0 Å². The maximum Gasteiger partial charge on any atom is 0.255 e. The highest BCUT2D eigenvalue weighted by Gasteiger charge is 2.20. The van der Waals surface area contributed by atoms with Gasteiger partial charge in [0.15, 0.2) is 0 Å². The minimum absolute atomic E-state index is 0.0257. The molecule has 2 amide bonds. The number of benzene rings is 1. The number of amides is 2. The lowest BCUT2D eigenvalue weighted by Gasteiger charge is -2.22. The van der Waals surface area contributed by atoms with Crippen LogP contribution in [0.1, 0.15) is 29.6 Å². The Bertz CT molecular complexity index is 695. The molecule has 3 rings (SSSR count). The van der Waals surface area contributed by atoms with Gasteiger partial charge in [-0.2, -0.15) is 0 Å². The van der Waals surface area contributed by atoms with Crippen molar-refractivity contribution in [3.8, 4) is 0 Å². The highest BCUT2D eigenvalue weighted by molar-refractivity contribution is 6.04. The van der Waals surface area contributed by atoms with E-state index in [-0.39, 0.29) is 17.9 Å². The molecule has 0 aliphatic carbocycles. The largest absolute Gasteiger partial charge is 0.325 e. The first-order valence-corrected chi connectivity index (χ1v) is 8.08. The summed E-state index contributed by atoms with van der Waals surface area (Å²) in [5, 5.41) is 8.87. The van der Waals surface area contributed by atoms with Gasteiger partial charge in [0.05, 0.1) is 17.9 Å². The number of anilines is 2. The van der Waals surface area contributed by atoms with Crippen LogP contribution in [0.2, 0.25) is 0 Å². The number of carbonyl (C=O) groups excluding carboxylic acids is 2. The lowest BCUT2D eigenvalue weighted by molar-refractivity contribution is -0.118. The van der Waals surface area contributed by atoms with E-state index in [1.54, 1.807) is 48.8 Å². The molecule has 1 aromatic carbocycles. The fraction of sp³-hybridized carbons (Fsp3) is 0.278. The van der Waals surface area contributed by atoms with E-state index in [9.17, 15) is 9.59 Å². The zero-order valence-electron chi connectivity index (χ0n) is 13.3. The number of nitrogens with zero attached hydrogens (tertiary/aromatic N) is 1. The van der Waals surface area contributed by atoms with Gasteiger partial charge in [0.25, 0.3) is 5.91 Å². The quantitative estimate of drug-likeness (QED) is 0.806. The topological polar surface area (TPSA) is 83.1 Å². The molecule has 0 saturated carbocycles. The Morgan fingerprint density at radius 3 is 2.54 bits per heavy atom. The number of hydrogen-bond acceptors (Lipinski definition) is 4. The maximum atomic E-state index is 12.2. The Labute approximate surface area is 140 Å². The molecule has 6 nitrogen and oxygen atoms in total. The third-order valence-corrected chi connectivity index (χ3v) is 3.96. The third-order valence-electron chi connectivity index (χ3n) is 3.96. The summed E-state index contributed by atoms with van der Waals surface area (Å²) in [6.45, 7) is 0.880. The van der Waals surface area contributed by atoms with E-state index >= 15 is 0 Å². The number of hydrogen-bond donors (Lipinski definition) is 3. The number of nitrogens with one attached hydrogen (secondary N) is 3. The monoisotopic (exact) mass is 324 g/mol. The average Bonchev–Trinajstić information content (AvgIpc) is 2.64. The lowest BCUT2D eigenvalue weighted by atomic mass is 10.0. The molecule has 1 saturated heterocycles. The molecule has 6 heteroatoms. The summed E-state index contributed by atoms with van der Waals surface area (Å²) in [5.41, 5.74) is 1.85. The van der Waals surface area contributed by atoms with Gasteiger partial charge < -0.3 is 16.0 Å². The molecule has 2 aromatic rings. The van der Waals surface area contributed by atoms with E-state index in [2.05, 4.69) is 20.9 Å². The SMILES string of the molecule is O=C(Nc1cccnc1)c1ccc(NC(=O)[C@H]2CCCCN2)cc1. The number of pyridine rings is 1. The van der Waals surface area contributed by atoms with E-state index in [0.717, 1.165) is 25.8 Å². The Morgan fingerprint density at radius 1 is 1.04 bits per heavy atom. The van der Waals surface area contributed by atoms with Crippen molar-refractivity contribution in [2.75, 3.05) is 17.2 Å². The first kappa shape index (κ1) is 16.1. The maximum absolute atomic E-state index is 12.2. The van der Waals surface area contributed by atoms with Crippen LogP contribution in [0.15, 0.2) is 48.8 Å². The molecule has 1 aliphatic heterocycles. The van der Waals surface area contributed by atoms with Gasteiger partial charge in [0, 0.05) is 17.4 Å². The summed E-state index contributed by atoms with van der Waals surface area (Å²) in [4.78, 5) is 28.3. The molecule has 0 unspecified atom stereocenters. The van der Waals surface area contributed by atoms with Crippen molar-refractivity contribution in [1.29, 1.82) is 0 Å². The van der Waals surface area contributed by atoms with Gasteiger partial charge in [-0.05, 0) is 55.8 Å². The minimum atomic E-state index is -0.213. The van der Waals surface area contributed by atoms with Gasteiger partial charge in [-0.1, -0.05) is 6.42 Å². The van der Waals surface area contributed by atoms with Crippen molar-refractivity contribution >= 4 is 23.2 Å². The van der Waals surface area contributed by atoms with Crippen LogP contribution >= 0.6 is 0 Å². The molecule has 124 valence electrons. The van der Waals surface area contributed by atoms with Crippen LogP contribution in [0.5, 0.6) is 0 Å². The summed E-state index contributed by atoms with van der Waals surface area (Å²) >= 11 is 0. The minimum Gasteiger partial charge on any atom is -0.325 e. The van der Waals surface area contributed by atoms with E-state index in [4.69, 9.17) is 0 Å². The fourth-order valence-electron chi connectivity index (χ4n) is 2.65. The van der Waals surface area contributed by atoms with Gasteiger partial charge in [0.1, 0.15) is 0 Å². The van der Waals surface area contributed by atoms with Crippen molar-refractivity contribution in [3.63, 3.8) is 0 Å². The molecule has 2 heterocycles. The molecule has 0 radical (unpaired) electrons. The molecule has 1 aliphatic rings. The number of aromatic nitrogens is 1. The van der Waals surface area contributed by atoms with Crippen molar-refractivity contribution in [2.45, 2.75) is 25.3 Å². The summed E-state index contributed by atoms with van der Waals surface area (Å²) in [5.74, 6) is -0.239. The fourth-order valence-corrected chi connectivity index (χ4v) is 2.65. The van der Waals surface area contributed by atoms with Crippen molar-refractivity contribution in [2.24, 2.45) is 0 Å². The summed E-state index contributed by atoms with van der Waals surface area (Å²) in [6, 6.07) is 10.3. The lowest BCUT2D eigenvalue weighted by Crippen LogP contribution is -2.43. The van der Waals surface area contributed by atoms with E-state index in [0.29, 0.717) is 16.9 Å². The Balaban J connectivity index is 1.58. The number of carbonyl (C=O) groups is 2. The highest BCUT2D eigenvalue weighted by Crippen LogP contribution is 2.14. The predicted molar refractivity (Wildman–Crippen MR) is 92.9 cm³/mol. The molecule has 3 N–H and O–H groups in total. The van der Waals surface area contributed by atoms with Crippen LogP contribution in [-0.4, -0.2) is 29.4 Å². The van der Waals surface area contributed by atoms with Crippen LogP contribution in [0.4, 0.5) is 11.4 Å². The summed E-state index contributed by atoms with van der Waals surface area (Å²) in [6.07, 6.45) is 6.28. The van der Waals surface area contributed by atoms with E-state index in [1.807, 2.05) is 0 Å². The van der Waals surface area contributed by atoms with Crippen LogP contribution in [0.25, 0.3) is 0 Å². The van der Waals surface area contributed by atoms with Crippen molar-refractivity contribution < 1.29 is 9.59 Å². The Morgan fingerprint density at radius 2 is 1.88 bits per heavy atom. The first-order valence-electron chi connectivity index (χ1n) is 8.08. The molecular weight excluding hydrogens is 304 g/mol. The highest BCUT2D eigenvalue weighted by atomic mass is 16.2. The Kier molecular flexibility index (Phi) is 5.18. The van der Waals surface area contributed by atoms with E-state index in [1.165, 1.54) is 0 Å². The van der Waals surface area contributed by atoms with Crippen LogP contribution in [0.3, 0.4) is 0 Å². The van der Waals surface area contributed by atoms with Crippen LogP contribution in [0, 0.1) is 0 Å². The number of rotatable bonds is 4. The van der Waals surface area contributed by atoms with Gasteiger partial charge in [-0.15, -0.1) is 0 Å². The molecular formula is C18H20N4O2.